The topological polar surface area (TPSA) is 74.7 Å². The van der Waals surface area contributed by atoms with Gasteiger partial charge in [0.15, 0.2) is 0 Å². The molecule has 8 heteroatoms. The molecule has 2 unspecified atom stereocenters. The fourth-order valence-corrected chi connectivity index (χ4v) is 4.53. The number of rotatable bonds is 3. The fourth-order valence-electron chi connectivity index (χ4n) is 2.35. The van der Waals surface area contributed by atoms with Crippen LogP contribution in [-0.2, 0) is 14.8 Å². The van der Waals surface area contributed by atoms with E-state index in [2.05, 4.69) is 0 Å². The molecule has 0 spiro atoms. The lowest BCUT2D eigenvalue weighted by atomic mass is 10.0. The molecule has 1 N–H and O–H groups in total. The van der Waals surface area contributed by atoms with Crippen LogP contribution in [0.25, 0.3) is 0 Å². The number of carbonyl (C=O) groups is 1. The first-order chi connectivity index (χ1) is 9.25. The number of benzene rings is 1. The Labute approximate surface area is 121 Å². The first kappa shape index (κ1) is 15.2. The Bertz CT molecular complexity index is 649. The third-order valence-corrected chi connectivity index (χ3v) is 5.75. The molecule has 1 aromatic rings. The van der Waals surface area contributed by atoms with Crippen LogP contribution < -0.4 is 0 Å². The van der Waals surface area contributed by atoms with Crippen LogP contribution in [0.3, 0.4) is 0 Å². The van der Waals surface area contributed by atoms with Gasteiger partial charge in [-0.15, -0.1) is 0 Å². The predicted octanol–water partition coefficient (Wildman–Crippen LogP) is 1.96. The predicted molar refractivity (Wildman–Crippen MR) is 70.5 cm³/mol. The molecule has 1 aromatic carbocycles. The molecule has 1 saturated heterocycles. The average Bonchev–Trinajstić information content (AvgIpc) is 2.75. The van der Waals surface area contributed by atoms with E-state index in [-0.39, 0.29) is 17.5 Å². The minimum absolute atomic E-state index is 0.0767. The Balaban J connectivity index is 2.50. The maximum atomic E-state index is 13.2. The van der Waals surface area contributed by atoms with E-state index in [1.807, 2.05) is 0 Å². The molecule has 1 fully saturated rings. The summed E-state index contributed by atoms with van der Waals surface area (Å²) in [6.45, 7) is 1.74. The van der Waals surface area contributed by atoms with Crippen LogP contribution in [-0.4, -0.2) is 36.4 Å². The highest BCUT2D eigenvalue weighted by molar-refractivity contribution is 7.89. The lowest BCUT2D eigenvalue weighted by Crippen LogP contribution is -2.42. The maximum absolute atomic E-state index is 13.2. The molecule has 0 amide bonds. The van der Waals surface area contributed by atoms with Gasteiger partial charge in [0.2, 0.25) is 10.0 Å². The number of sulfonamides is 1. The highest BCUT2D eigenvalue weighted by Gasteiger charge is 2.44. The number of aliphatic carboxylic acids is 1. The highest BCUT2D eigenvalue weighted by atomic mass is 35.5. The molecule has 1 aliphatic rings. The van der Waals surface area contributed by atoms with E-state index in [1.165, 1.54) is 0 Å². The minimum atomic E-state index is -4.14. The summed E-state index contributed by atoms with van der Waals surface area (Å²) in [6, 6.07) is 1.83. The van der Waals surface area contributed by atoms with Crippen molar-refractivity contribution in [3.8, 4) is 0 Å². The van der Waals surface area contributed by atoms with Gasteiger partial charge in [-0.3, -0.25) is 4.79 Å². The van der Waals surface area contributed by atoms with Crippen molar-refractivity contribution in [2.45, 2.75) is 24.3 Å². The Morgan fingerprint density at radius 2 is 2.15 bits per heavy atom. The van der Waals surface area contributed by atoms with Gasteiger partial charge in [-0.05, 0) is 30.5 Å². The Morgan fingerprint density at radius 1 is 1.50 bits per heavy atom. The molecule has 0 aromatic heterocycles. The molecule has 20 heavy (non-hydrogen) atoms. The molecule has 110 valence electrons. The quantitative estimate of drug-likeness (QED) is 0.923. The van der Waals surface area contributed by atoms with E-state index < -0.39 is 32.7 Å². The van der Waals surface area contributed by atoms with E-state index in [0.29, 0.717) is 6.42 Å². The zero-order valence-electron chi connectivity index (χ0n) is 10.6. The van der Waals surface area contributed by atoms with Gasteiger partial charge >= 0.3 is 5.97 Å². The molecule has 0 saturated carbocycles. The largest absolute Gasteiger partial charge is 0.480 e. The summed E-state index contributed by atoms with van der Waals surface area (Å²) in [4.78, 5) is 10.8. The van der Waals surface area contributed by atoms with Crippen molar-refractivity contribution in [1.82, 2.24) is 4.31 Å². The zero-order valence-corrected chi connectivity index (χ0v) is 12.2. The molecule has 0 bridgehead atoms. The number of carboxylic acids is 1. The summed E-state index contributed by atoms with van der Waals surface area (Å²) < 4.78 is 39.1. The lowest BCUT2D eigenvalue weighted by Gasteiger charge is -2.23. The number of hydrogen-bond acceptors (Lipinski definition) is 3. The number of hydrogen-bond donors (Lipinski definition) is 1. The summed E-state index contributed by atoms with van der Waals surface area (Å²) >= 11 is 5.80. The van der Waals surface area contributed by atoms with Gasteiger partial charge in [-0.25, -0.2) is 12.8 Å². The van der Waals surface area contributed by atoms with Crippen LogP contribution >= 0.6 is 11.6 Å². The second-order valence-electron chi connectivity index (χ2n) is 4.74. The standard InChI is InChI=1S/C12H13ClFNO4S/c1-7-4-5-15(11(7)12(16)17)20(18,19)10-6-8(14)2-3-9(10)13/h2-3,6-7,11H,4-5H2,1H3,(H,16,17). The van der Waals surface area contributed by atoms with E-state index in [0.717, 1.165) is 22.5 Å². The van der Waals surface area contributed by atoms with Gasteiger partial charge < -0.3 is 5.11 Å². The second-order valence-corrected chi connectivity index (χ2v) is 7.01. The summed E-state index contributed by atoms with van der Waals surface area (Å²) in [5.74, 6) is -2.27. The molecular formula is C12H13ClFNO4S. The van der Waals surface area contributed by atoms with Crippen molar-refractivity contribution < 1.29 is 22.7 Å². The Kier molecular flexibility index (Phi) is 4.04. The van der Waals surface area contributed by atoms with Crippen molar-refractivity contribution in [1.29, 1.82) is 0 Å². The molecular weight excluding hydrogens is 309 g/mol. The van der Waals surface area contributed by atoms with Crippen LogP contribution in [0.15, 0.2) is 23.1 Å². The molecule has 0 aliphatic carbocycles. The molecule has 1 heterocycles. The third-order valence-electron chi connectivity index (χ3n) is 3.39. The van der Waals surface area contributed by atoms with E-state index in [1.54, 1.807) is 6.92 Å². The monoisotopic (exact) mass is 321 g/mol. The maximum Gasteiger partial charge on any atom is 0.322 e. The van der Waals surface area contributed by atoms with E-state index in [4.69, 9.17) is 11.6 Å². The van der Waals surface area contributed by atoms with Crippen molar-refractivity contribution >= 4 is 27.6 Å². The first-order valence-electron chi connectivity index (χ1n) is 5.95. The molecule has 2 rings (SSSR count). The van der Waals surface area contributed by atoms with Crippen molar-refractivity contribution in [3.63, 3.8) is 0 Å². The Morgan fingerprint density at radius 3 is 2.75 bits per heavy atom. The van der Waals surface area contributed by atoms with Gasteiger partial charge in [0.25, 0.3) is 0 Å². The van der Waals surface area contributed by atoms with E-state index >= 15 is 0 Å². The first-order valence-corrected chi connectivity index (χ1v) is 7.76. The van der Waals surface area contributed by atoms with Crippen molar-refractivity contribution in [2.75, 3.05) is 6.54 Å². The average molecular weight is 322 g/mol. The van der Waals surface area contributed by atoms with Crippen LogP contribution in [0.5, 0.6) is 0 Å². The van der Waals surface area contributed by atoms with Gasteiger partial charge in [0, 0.05) is 6.54 Å². The smallest absolute Gasteiger partial charge is 0.322 e. The summed E-state index contributed by atoms with van der Waals surface area (Å²) in [6.07, 6.45) is 0.434. The third kappa shape index (κ3) is 2.53. The van der Waals surface area contributed by atoms with Gasteiger partial charge in [0.05, 0.1) is 5.02 Å². The van der Waals surface area contributed by atoms with Gasteiger partial charge in [0.1, 0.15) is 16.8 Å². The van der Waals surface area contributed by atoms with Gasteiger partial charge in [-0.1, -0.05) is 18.5 Å². The number of halogens is 2. The lowest BCUT2D eigenvalue weighted by molar-refractivity contribution is -0.141. The molecule has 2 atom stereocenters. The minimum Gasteiger partial charge on any atom is -0.480 e. The summed E-state index contributed by atoms with van der Waals surface area (Å²) in [7, 11) is -4.14. The SMILES string of the molecule is CC1CCN(S(=O)(=O)c2cc(F)ccc2Cl)C1C(=O)O. The molecule has 5 nitrogen and oxygen atoms in total. The Hall–Kier alpha value is -1.18. The summed E-state index contributed by atoms with van der Waals surface area (Å²) in [5, 5.41) is 9.05. The normalized spacial score (nSPS) is 23.9. The number of nitrogens with zero attached hydrogens (tertiary/aromatic N) is 1. The van der Waals surface area contributed by atoms with Crippen LogP contribution in [0.4, 0.5) is 4.39 Å². The number of carboxylic acid groups (broad SMARTS) is 1. The van der Waals surface area contributed by atoms with Crippen LogP contribution in [0, 0.1) is 11.7 Å². The van der Waals surface area contributed by atoms with Crippen LogP contribution in [0.1, 0.15) is 13.3 Å². The molecule has 1 aliphatic heterocycles. The summed E-state index contributed by atoms with van der Waals surface area (Å²) in [5.41, 5.74) is 0. The van der Waals surface area contributed by atoms with Gasteiger partial charge in [-0.2, -0.15) is 4.31 Å². The zero-order chi connectivity index (χ0) is 15.1. The van der Waals surface area contributed by atoms with Crippen LogP contribution in [0.2, 0.25) is 5.02 Å². The van der Waals surface area contributed by atoms with E-state index in [9.17, 15) is 22.7 Å². The highest BCUT2D eigenvalue weighted by Crippen LogP contribution is 2.33. The fraction of sp³-hybridized carbons (Fsp3) is 0.417. The molecule has 0 radical (unpaired) electrons. The van der Waals surface area contributed by atoms with Crippen molar-refractivity contribution in [3.05, 3.63) is 29.0 Å². The second kappa shape index (κ2) is 5.31. The van der Waals surface area contributed by atoms with Crippen molar-refractivity contribution in [2.24, 2.45) is 5.92 Å².